The summed E-state index contributed by atoms with van der Waals surface area (Å²) in [4.78, 5) is 13.6. The first-order valence-corrected chi connectivity index (χ1v) is 6.61. The van der Waals surface area contributed by atoms with Crippen LogP contribution in [-0.4, -0.2) is 46.0 Å². The average Bonchev–Trinajstić information content (AvgIpc) is 2.44. The molecule has 0 radical (unpaired) electrons. The Balaban J connectivity index is 1.90. The monoisotopic (exact) mass is 280 g/mol. The number of hydrogen-bond acceptors (Lipinski definition) is 5. The number of fused-ring (bicyclic) bond motifs is 1. The van der Waals surface area contributed by atoms with Gasteiger partial charge in [0.25, 0.3) is 5.91 Å². The SMILES string of the molecule is COCCOCCCN1C(=O)COc2ccc(N)cc21. The molecule has 1 aliphatic rings. The predicted molar refractivity (Wildman–Crippen MR) is 76.0 cm³/mol. The van der Waals surface area contributed by atoms with Crippen LogP contribution in [0.4, 0.5) is 11.4 Å². The van der Waals surface area contributed by atoms with Gasteiger partial charge in [0, 0.05) is 25.9 Å². The predicted octanol–water partition coefficient (Wildman–Crippen LogP) is 1.05. The van der Waals surface area contributed by atoms with E-state index in [1.165, 1.54) is 0 Å². The van der Waals surface area contributed by atoms with Crippen LogP contribution in [0.1, 0.15) is 6.42 Å². The third kappa shape index (κ3) is 3.61. The quantitative estimate of drug-likeness (QED) is 0.597. The second-order valence-electron chi connectivity index (χ2n) is 4.52. The van der Waals surface area contributed by atoms with Gasteiger partial charge in [0.05, 0.1) is 18.9 Å². The fourth-order valence-electron chi connectivity index (χ4n) is 2.03. The van der Waals surface area contributed by atoms with Crippen LogP contribution in [0.25, 0.3) is 0 Å². The first-order chi connectivity index (χ1) is 9.72. The summed E-state index contributed by atoms with van der Waals surface area (Å²) in [5.41, 5.74) is 7.12. The van der Waals surface area contributed by atoms with Gasteiger partial charge in [-0.15, -0.1) is 0 Å². The van der Waals surface area contributed by atoms with E-state index >= 15 is 0 Å². The molecule has 110 valence electrons. The lowest BCUT2D eigenvalue weighted by molar-refractivity contribution is -0.121. The Morgan fingerprint density at radius 3 is 3.00 bits per heavy atom. The maximum absolute atomic E-state index is 11.9. The number of amides is 1. The van der Waals surface area contributed by atoms with E-state index in [-0.39, 0.29) is 12.5 Å². The van der Waals surface area contributed by atoms with Crippen molar-refractivity contribution in [1.82, 2.24) is 0 Å². The van der Waals surface area contributed by atoms with Gasteiger partial charge < -0.3 is 24.8 Å². The van der Waals surface area contributed by atoms with E-state index in [4.69, 9.17) is 19.9 Å². The summed E-state index contributed by atoms with van der Waals surface area (Å²) in [6, 6.07) is 5.32. The van der Waals surface area contributed by atoms with E-state index < -0.39 is 0 Å². The van der Waals surface area contributed by atoms with Crippen molar-refractivity contribution < 1.29 is 19.0 Å². The molecular formula is C14H20N2O4. The molecule has 1 aromatic rings. The molecular weight excluding hydrogens is 260 g/mol. The molecule has 1 heterocycles. The standard InChI is InChI=1S/C14H20N2O4/c1-18-7-8-19-6-2-5-16-12-9-11(15)3-4-13(12)20-10-14(16)17/h3-4,9H,2,5-8,10,15H2,1H3. The van der Waals surface area contributed by atoms with Crippen molar-refractivity contribution >= 4 is 17.3 Å². The van der Waals surface area contributed by atoms with Crippen LogP contribution in [0, 0.1) is 0 Å². The molecule has 2 N–H and O–H groups in total. The van der Waals surface area contributed by atoms with E-state index in [2.05, 4.69) is 0 Å². The highest BCUT2D eigenvalue weighted by Crippen LogP contribution is 2.33. The molecule has 0 unspecified atom stereocenters. The minimum Gasteiger partial charge on any atom is -0.482 e. The van der Waals surface area contributed by atoms with Crippen molar-refractivity contribution in [2.75, 3.05) is 50.7 Å². The largest absolute Gasteiger partial charge is 0.482 e. The normalized spacial score (nSPS) is 14.1. The molecule has 0 aromatic heterocycles. The third-order valence-corrected chi connectivity index (χ3v) is 3.03. The van der Waals surface area contributed by atoms with E-state index in [1.807, 2.05) is 0 Å². The summed E-state index contributed by atoms with van der Waals surface area (Å²) in [6.07, 6.45) is 0.754. The van der Waals surface area contributed by atoms with Crippen LogP contribution in [0.3, 0.4) is 0 Å². The molecule has 0 aliphatic carbocycles. The Morgan fingerprint density at radius 2 is 2.20 bits per heavy atom. The molecule has 1 aromatic carbocycles. The second-order valence-corrected chi connectivity index (χ2v) is 4.52. The summed E-state index contributed by atoms with van der Waals surface area (Å²) in [5.74, 6) is 0.638. The van der Waals surface area contributed by atoms with Gasteiger partial charge in [-0.1, -0.05) is 0 Å². The van der Waals surface area contributed by atoms with E-state index in [0.29, 0.717) is 37.8 Å². The van der Waals surface area contributed by atoms with Crippen LogP contribution >= 0.6 is 0 Å². The van der Waals surface area contributed by atoms with Crippen molar-refractivity contribution in [3.05, 3.63) is 18.2 Å². The van der Waals surface area contributed by atoms with Crippen LogP contribution < -0.4 is 15.4 Å². The van der Waals surface area contributed by atoms with Gasteiger partial charge in [-0.05, 0) is 24.6 Å². The van der Waals surface area contributed by atoms with Crippen molar-refractivity contribution in [3.8, 4) is 5.75 Å². The summed E-state index contributed by atoms with van der Waals surface area (Å²) in [6.45, 7) is 2.39. The number of nitrogen functional groups attached to an aromatic ring is 1. The fourth-order valence-corrected chi connectivity index (χ4v) is 2.03. The lowest BCUT2D eigenvalue weighted by Gasteiger charge is -2.29. The Morgan fingerprint density at radius 1 is 1.35 bits per heavy atom. The van der Waals surface area contributed by atoms with Gasteiger partial charge in [0.2, 0.25) is 0 Å². The zero-order chi connectivity index (χ0) is 14.4. The highest BCUT2D eigenvalue weighted by Gasteiger charge is 2.25. The van der Waals surface area contributed by atoms with Crippen LogP contribution in [-0.2, 0) is 14.3 Å². The second kappa shape index (κ2) is 7.12. The lowest BCUT2D eigenvalue weighted by atomic mass is 10.2. The highest BCUT2D eigenvalue weighted by atomic mass is 16.5. The van der Waals surface area contributed by atoms with E-state index in [1.54, 1.807) is 30.2 Å². The van der Waals surface area contributed by atoms with Gasteiger partial charge in [-0.3, -0.25) is 4.79 Å². The third-order valence-electron chi connectivity index (χ3n) is 3.03. The topological polar surface area (TPSA) is 74.0 Å². The average molecular weight is 280 g/mol. The van der Waals surface area contributed by atoms with Crippen molar-refractivity contribution in [1.29, 1.82) is 0 Å². The molecule has 0 saturated carbocycles. The minimum absolute atomic E-state index is 0.0556. The molecule has 2 rings (SSSR count). The molecule has 0 fully saturated rings. The number of carbonyl (C=O) groups is 1. The molecule has 0 atom stereocenters. The Labute approximate surface area is 118 Å². The molecule has 0 bridgehead atoms. The number of methoxy groups -OCH3 is 1. The lowest BCUT2D eigenvalue weighted by Crippen LogP contribution is -2.39. The Kier molecular flexibility index (Phi) is 5.20. The maximum atomic E-state index is 11.9. The van der Waals surface area contributed by atoms with Crippen LogP contribution in [0.15, 0.2) is 18.2 Å². The Bertz CT molecular complexity index is 464. The highest BCUT2D eigenvalue weighted by molar-refractivity contribution is 5.98. The fraction of sp³-hybridized carbons (Fsp3) is 0.500. The van der Waals surface area contributed by atoms with E-state index in [0.717, 1.165) is 12.1 Å². The number of carbonyl (C=O) groups excluding carboxylic acids is 1. The summed E-state index contributed by atoms with van der Waals surface area (Å²) in [5, 5.41) is 0. The van der Waals surface area contributed by atoms with E-state index in [9.17, 15) is 4.79 Å². The van der Waals surface area contributed by atoms with Crippen molar-refractivity contribution in [3.63, 3.8) is 0 Å². The number of rotatable bonds is 7. The number of benzene rings is 1. The maximum Gasteiger partial charge on any atom is 0.265 e. The summed E-state index contributed by atoms with van der Waals surface area (Å²) < 4.78 is 15.7. The first-order valence-electron chi connectivity index (χ1n) is 6.61. The number of hydrogen-bond donors (Lipinski definition) is 1. The number of anilines is 2. The number of ether oxygens (including phenoxy) is 3. The zero-order valence-electron chi connectivity index (χ0n) is 11.6. The number of nitrogens with zero attached hydrogens (tertiary/aromatic N) is 1. The molecule has 20 heavy (non-hydrogen) atoms. The van der Waals surface area contributed by atoms with Crippen LogP contribution in [0.5, 0.6) is 5.75 Å². The number of nitrogens with two attached hydrogens (primary N) is 1. The Hall–Kier alpha value is -1.79. The summed E-state index contributed by atoms with van der Waals surface area (Å²) >= 11 is 0. The molecule has 0 saturated heterocycles. The molecule has 0 spiro atoms. The minimum atomic E-state index is -0.0556. The zero-order valence-corrected chi connectivity index (χ0v) is 11.6. The molecule has 6 nitrogen and oxygen atoms in total. The smallest absolute Gasteiger partial charge is 0.265 e. The van der Waals surface area contributed by atoms with Crippen molar-refractivity contribution in [2.45, 2.75) is 6.42 Å². The first kappa shape index (κ1) is 14.6. The van der Waals surface area contributed by atoms with Crippen molar-refractivity contribution in [2.24, 2.45) is 0 Å². The van der Waals surface area contributed by atoms with Gasteiger partial charge in [-0.25, -0.2) is 0 Å². The molecule has 1 amide bonds. The molecule has 6 heteroatoms. The van der Waals surface area contributed by atoms with Crippen LogP contribution in [0.2, 0.25) is 0 Å². The van der Waals surface area contributed by atoms with Gasteiger partial charge in [-0.2, -0.15) is 0 Å². The van der Waals surface area contributed by atoms with Gasteiger partial charge in [0.1, 0.15) is 5.75 Å². The molecule has 1 aliphatic heterocycles. The summed E-state index contributed by atoms with van der Waals surface area (Å²) in [7, 11) is 1.64. The van der Waals surface area contributed by atoms with Gasteiger partial charge >= 0.3 is 0 Å². The van der Waals surface area contributed by atoms with Gasteiger partial charge in [0.15, 0.2) is 6.61 Å².